The van der Waals surface area contributed by atoms with Crippen molar-refractivity contribution >= 4 is 31.9 Å². The lowest BCUT2D eigenvalue weighted by Crippen LogP contribution is -1.87. The molecule has 0 aliphatic rings. The van der Waals surface area contributed by atoms with E-state index >= 15 is 0 Å². The van der Waals surface area contributed by atoms with Gasteiger partial charge in [0.05, 0.1) is 3.74 Å². The van der Waals surface area contributed by atoms with Gasteiger partial charge in [-0.3, -0.25) is 0 Å². The molecule has 12 heavy (non-hydrogen) atoms. The summed E-state index contributed by atoms with van der Waals surface area (Å²) in [6.07, 6.45) is 0. The number of hydrogen-bond acceptors (Lipinski definition) is 0. The summed E-state index contributed by atoms with van der Waals surface area (Å²) in [6.45, 7) is 4.41. The maximum atomic E-state index is 3.46. The molecule has 0 radical (unpaired) electrons. The Labute approximate surface area is 90.6 Å². The van der Waals surface area contributed by atoms with Crippen LogP contribution < -0.4 is 0 Å². The van der Waals surface area contributed by atoms with E-state index in [2.05, 4.69) is 70.0 Å². The second-order valence-electron chi connectivity index (χ2n) is 3.12. The zero-order valence-corrected chi connectivity index (χ0v) is 10.4. The largest absolute Gasteiger partial charge is 0.0946 e. The standard InChI is InChI=1S/C10H12Br2/c1-7(2)8-3-5-9(6-4-8)10(11)12/h3-7,10H,1-2H3. The summed E-state index contributed by atoms with van der Waals surface area (Å²) in [5.41, 5.74) is 2.65. The number of rotatable bonds is 2. The van der Waals surface area contributed by atoms with Crippen LogP contribution in [0.1, 0.15) is 34.6 Å². The summed E-state index contributed by atoms with van der Waals surface area (Å²) in [6, 6.07) is 8.64. The van der Waals surface area contributed by atoms with E-state index in [4.69, 9.17) is 0 Å². The predicted molar refractivity (Wildman–Crippen MR) is 61.1 cm³/mol. The Morgan fingerprint density at radius 2 is 1.33 bits per heavy atom. The molecule has 0 heterocycles. The molecule has 0 aromatic heterocycles. The van der Waals surface area contributed by atoms with Crippen LogP contribution in [0.2, 0.25) is 0 Å². The molecule has 1 aromatic rings. The van der Waals surface area contributed by atoms with E-state index in [1.807, 2.05) is 0 Å². The molecule has 0 atom stereocenters. The molecular formula is C10H12Br2. The molecule has 0 amide bonds. The quantitative estimate of drug-likeness (QED) is 0.699. The monoisotopic (exact) mass is 290 g/mol. The third-order valence-corrected chi connectivity index (χ3v) is 2.91. The van der Waals surface area contributed by atoms with Crippen LogP contribution in [-0.4, -0.2) is 0 Å². The van der Waals surface area contributed by atoms with Crippen molar-refractivity contribution in [3.8, 4) is 0 Å². The van der Waals surface area contributed by atoms with E-state index in [0.29, 0.717) is 5.92 Å². The van der Waals surface area contributed by atoms with Gasteiger partial charge in [0.25, 0.3) is 0 Å². The van der Waals surface area contributed by atoms with E-state index in [0.717, 1.165) is 0 Å². The van der Waals surface area contributed by atoms with Crippen LogP contribution in [0, 0.1) is 0 Å². The fourth-order valence-electron chi connectivity index (χ4n) is 1.03. The van der Waals surface area contributed by atoms with Crippen LogP contribution in [0.4, 0.5) is 0 Å². The number of hydrogen-bond donors (Lipinski definition) is 0. The smallest absolute Gasteiger partial charge is 0.0712 e. The Balaban J connectivity index is 2.86. The Morgan fingerprint density at radius 1 is 0.917 bits per heavy atom. The Kier molecular flexibility index (Phi) is 3.78. The molecule has 0 bridgehead atoms. The highest BCUT2D eigenvalue weighted by Crippen LogP contribution is 2.29. The topological polar surface area (TPSA) is 0 Å². The first-order valence-electron chi connectivity index (χ1n) is 3.99. The van der Waals surface area contributed by atoms with Crippen LogP contribution in [0.3, 0.4) is 0 Å². The summed E-state index contributed by atoms with van der Waals surface area (Å²) < 4.78 is 0.270. The summed E-state index contributed by atoms with van der Waals surface area (Å²) in [5.74, 6) is 0.614. The highest BCUT2D eigenvalue weighted by atomic mass is 79.9. The summed E-state index contributed by atoms with van der Waals surface area (Å²) in [5, 5.41) is 0. The molecule has 0 fully saturated rings. The lowest BCUT2D eigenvalue weighted by Gasteiger charge is -2.07. The Bertz CT molecular complexity index is 210. The van der Waals surface area contributed by atoms with Crippen molar-refractivity contribution in [2.24, 2.45) is 0 Å². The van der Waals surface area contributed by atoms with Crippen molar-refractivity contribution in [2.75, 3.05) is 0 Å². The van der Waals surface area contributed by atoms with Crippen molar-refractivity contribution in [1.29, 1.82) is 0 Å². The van der Waals surface area contributed by atoms with E-state index in [1.165, 1.54) is 11.1 Å². The van der Waals surface area contributed by atoms with Gasteiger partial charge in [-0.25, -0.2) is 0 Å². The van der Waals surface area contributed by atoms with Gasteiger partial charge >= 0.3 is 0 Å². The highest BCUT2D eigenvalue weighted by molar-refractivity contribution is 9.24. The molecule has 1 rings (SSSR count). The second kappa shape index (κ2) is 4.43. The van der Waals surface area contributed by atoms with Crippen LogP contribution >= 0.6 is 31.9 Å². The molecule has 0 N–H and O–H groups in total. The van der Waals surface area contributed by atoms with Crippen LogP contribution in [-0.2, 0) is 0 Å². The average molecular weight is 292 g/mol. The SMILES string of the molecule is CC(C)c1ccc(C(Br)Br)cc1. The molecule has 0 aliphatic carbocycles. The Morgan fingerprint density at radius 3 is 1.67 bits per heavy atom. The lowest BCUT2D eigenvalue weighted by molar-refractivity contribution is 0.866. The van der Waals surface area contributed by atoms with Gasteiger partial charge < -0.3 is 0 Å². The summed E-state index contributed by atoms with van der Waals surface area (Å²) >= 11 is 6.92. The first-order valence-corrected chi connectivity index (χ1v) is 5.82. The maximum Gasteiger partial charge on any atom is 0.0946 e. The van der Waals surface area contributed by atoms with Gasteiger partial charge in [-0.1, -0.05) is 70.0 Å². The summed E-state index contributed by atoms with van der Waals surface area (Å²) in [4.78, 5) is 0. The van der Waals surface area contributed by atoms with Gasteiger partial charge in [-0.15, -0.1) is 0 Å². The van der Waals surface area contributed by atoms with E-state index in [9.17, 15) is 0 Å². The fraction of sp³-hybridized carbons (Fsp3) is 0.400. The van der Waals surface area contributed by atoms with Gasteiger partial charge in [-0.2, -0.15) is 0 Å². The highest BCUT2D eigenvalue weighted by Gasteiger charge is 2.02. The predicted octanol–water partition coefficient (Wildman–Crippen LogP) is 4.60. The van der Waals surface area contributed by atoms with Crippen molar-refractivity contribution in [3.05, 3.63) is 35.4 Å². The lowest BCUT2D eigenvalue weighted by atomic mass is 10.0. The second-order valence-corrected chi connectivity index (χ2v) is 6.18. The minimum absolute atomic E-state index is 0.270. The zero-order valence-electron chi connectivity index (χ0n) is 7.22. The van der Waals surface area contributed by atoms with Gasteiger partial charge in [0.1, 0.15) is 0 Å². The third-order valence-electron chi connectivity index (χ3n) is 1.86. The number of halogens is 2. The molecular weight excluding hydrogens is 280 g/mol. The first kappa shape index (κ1) is 10.3. The molecule has 0 spiro atoms. The minimum atomic E-state index is 0.270. The molecule has 2 heteroatoms. The molecule has 66 valence electrons. The van der Waals surface area contributed by atoms with Gasteiger partial charge in [-0.05, 0) is 17.0 Å². The minimum Gasteiger partial charge on any atom is -0.0712 e. The van der Waals surface area contributed by atoms with Crippen molar-refractivity contribution in [1.82, 2.24) is 0 Å². The van der Waals surface area contributed by atoms with Gasteiger partial charge in [0.2, 0.25) is 0 Å². The zero-order chi connectivity index (χ0) is 9.14. The molecule has 0 aliphatic heterocycles. The summed E-state index contributed by atoms with van der Waals surface area (Å²) in [7, 11) is 0. The van der Waals surface area contributed by atoms with Crippen molar-refractivity contribution < 1.29 is 0 Å². The molecule has 0 unspecified atom stereocenters. The maximum absolute atomic E-state index is 3.46. The van der Waals surface area contributed by atoms with Crippen LogP contribution in [0.15, 0.2) is 24.3 Å². The van der Waals surface area contributed by atoms with Gasteiger partial charge in [0, 0.05) is 0 Å². The molecule has 0 saturated heterocycles. The fourth-order valence-corrected chi connectivity index (χ4v) is 1.64. The Hall–Kier alpha value is 0.180. The first-order chi connectivity index (χ1) is 5.61. The van der Waals surface area contributed by atoms with Crippen molar-refractivity contribution in [3.63, 3.8) is 0 Å². The van der Waals surface area contributed by atoms with Gasteiger partial charge in [0.15, 0.2) is 0 Å². The van der Waals surface area contributed by atoms with E-state index in [1.54, 1.807) is 0 Å². The third kappa shape index (κ3) is 2.60. The molecule has 0 nitrogen and oxygen atoms in total. The van der Waals surface area contributed by atoms with Crippen molar-refractivity contribution in [2.45, 2.75) is 23.5 Å². The number of alkyl halides is 2. The van der Waals surface area contributed by atoms with E-state index in [-0.39, 0.29) is 3.74 Å². The number of benzene rings is 1. The normalized spacial score (nSPS) is 11.2. The average Bonchev–Trinajstić information content (AvgIpc) is 2.04. The van der Waals surface area contributed by atoms with E-state index < -0.39 is 0 Å². The molecule has 0 saturated carbocycles. The van der Waals surface area contributed by atoms with Crippen LogP contribution in [0.25, 0.3) is 0 Å². The van der Waals surface area contributed by atoms with Crippen LogP contribution in [0.5, 0.6) is 0 Å². The molecule has 1 aromatic carbocycles.